The van der Waals surface area contributed by atoms with Crippen molar-refractivity contribution < 1.29 is 9.53 Å². The molecule has 0 heterocycles. The Bertz CT molecular complexity index is 240. The maximum Gasteiger partial charge on any atom is 0.303 e. The van der Waals surface area contributed by atoms with Gasteiger partial charge in [-0.05, 0) is 30.4 Å². The SMILES string of the molecule is C=CC1=C[C@@H](OC(C)=O)C[C@@H](C)C1. The summed E-state index contributed by atoms with van der Waals surface area (Å²) in [6.45, 7) is 7.33. The number of carbonyl (C=O) groups is 1. The Kier molecular flexibility index (Phi) is 3.29. The number of carbonyl (C=O) groups excluding carboxylic acids is 1. The van der Waals surface area contributed by atoms with E-state index in [1.54, 1.807) is 0 Å². The standard InChI is InChI=1S/C11H16O2/c1-4-10-5-8(2)6-11(7-10)13-9(3)12/h4,7-8,11H,1,5-6H2,2-3H3/t8-,11-/m0/s1. The summed E-state index contributed by atoms with van der Waals surface area (Å²) in [6.07, 6.45) is 5.76. The molecule has 0 fully saturated rings. The van der Waals surface area contributed by atoms with Gasteiger partial charge in [-0.25, -0.2) is 0 Å². The van der Waals surface area contributed by atoms with Gasteiger partial charge in [-0.15, -0.1) is 0 Å². The fourth-order valence-electron chi connectivity index (χ4n) is 1.70. The Morgan fingerprint density at radius 1 is 1.77 bits per heavy atom. The quantitative estimate of drug-likeness (QED) is 0.610. The van der Waals surface area contributed by atoms with Crippen molar-refractivity contribution in [3.8, 4) is 0 Å². The first-order valence-corrected chi connectivity index (χ1v) is 4.62. The lowest BCUT2D eigenvalue weighted by atomic mass is 9.88. The molecule has 0 aromatic rings. The number of rotatable bonds is 2. The van der Waals surface area contributed by atoms with Crippen LogP contribution in [0.3, 0.4) is 0 Å². The van der Waals surface area contributed by atoms with Crippen LogP contribution in [0.2, 0.25) is 0 Å². The van der Waals surface area contributed by atoms with Crippen LogP contribution in [0, 0.1) is 5.92 Å². The second-order valence-corrected chi connectivity index (χ2v) is 3.64. The molecule has 72 valence electrons. The van der Waals surface area contributed by atoms with Crippen molar-refractivity contribution in [1.82, 2.24) is 0 Å². The van der Waals surface area contributed by atoms with Crippen molar-refractivity contribution in [2.75, 3.05) is 0 Å². The predicted octanol–water partition coefficient (Wildman–Crippen LogP) is 2.46. The minimum atomic E-state index is -0.209. The van der Waals surface area contributed by atoms with Crippen molar-refractivity contribution in [3.63, 3.8) is 0 Å². The summed E-state index contributed by atoms with van der Waals surface area (Å²) in [7, 11) is 0. The van der Waals surface area contributed by atoms with Crippen LogP contribution < -0.4 is 0 Å². The molecule has 1 rings (SSSR count). The van der Waals surface area contributed by atoms with Crippen LogP contribution in [0.25, 0.3) is 0 Å². The van der Waals surface area contributed by atoms with E-state index >= 15 is 0 Å². The van der Waals surface area contributed by atoms with Crippen molar-refractivity contribution in [3.05, 3.63) is 24.3 Å². The first kappa shape index (κ1) is 10.0. The topological polar surface area (TPSA) is 26.3 Å². The number of allylic oxidation sites excluding steroid dienone is 2. The van der Waals surface area contributed by atoms with E-state index in [4.69, 9.17) is 4.74 Å². The van der Waals surface area contributed by atoms with Crippen molar-refractivity contribution in [2.24, 2.45) is 5.92 Å². The first-order valence-electron chi connectivity index (χ1n) is 4.62. The second-order valence-electron chi connectivity index (χ2n) is 3.64. The van der Waals surface area contributed by atoms with Crippen LogP contribution in [0.15, 0.2) is 24.3 Å². The van der Waals surface area contributed by atoms with Crippen LogP contribution >= 0.6 is 0 Å². The summed E-state index contributed by atoms with van der Waals surface area (Å²) >= 11 is 0. The molecule has 13 heavy (non-hydrogen) atoms. The maximum absolute atomic E-state index is 10.7. The molecule has 0 saturated heterocycles. The van der Waals surface area contributed by atoms with Gasteiger partial charge in [0.25, 0.3) is 0 Å². The summed E-state index contributed by atoms with van der Waals surface area (Å²) in [5.41, 5.74) is 1.19. The third kappa shape index (κ3) is 3.05. The van der Waals surface area contributed by atoms with E-state index in [0.717, 1.165) is 12.8 Å². The molecule has 0 radical (unpaired) electrons. The summed E-state index contributed by atoms with van der Waals surface area (Å²) in [5, 5.41) is 0. The molecule has 0 unspecified atom stereocenters. The molecule has 0 aliphatic heterocycles. The highest BCUT2D eigenvalue weighted by atomic mass is 16.5. The van der Waals surface area contributed by atoms with Gasteiger partial charge in [0.2, 0.25) is 0 Å². The lowest BCUT2D eigenvalue weighted by molar-refractivity contribution is -0.144. The molecule has 0 aromatic carbocycles. The van der Waals surface area contributed by atoms with Gasteiger partial charge in [0.15, 0.2) is 0 Å². The molecule has 0 aromatic heterocycles. The van der Waals surface area contributed by atoms with E-state index < -0.39 is 0 Å². The zero-order valence-corrected chi connectivity index (χ0v) is 8.25. The zero-order valence-electron chi connectivity index (χ0n) is 8.25. The molecule has 0 saturated carbocycles. The molecular weight excluding hydrogens is 164 g/mol. The molecule has 0 N–H and O–H groups in total. The predicted molar refractivity (Wildman–Crippen MR) is 52.2 cm³/mol. The second kappa shape index (κ2) is 4.26. The average molecular weight is 180 g/mol. The first-order chi connectivity index (χ1) is 6.11. The summed E-state index contributed by atoms with van der Waals surface area (Å²) in [5.74, 6) is 0.362. The van der Waals surface area contributed by atoms with E-state index in [9.17, 15) is 4.79 Å². The summed E-state index contributed by atoms with van der Waals surface area (Å²) in [6, 6.07) is 0. The molecule has 0 amide bonds. The van der Waals surface area contributed by atoms with Crippen LogP contribution in [-0.2, 0) is 9.53 Å². The molecule has 1 aliphatic carbocycles. The monoisotopic (exact) mass is 180 g/mol. The Balaban J connectivity index is 2.64. The third-order valence-corrected chi connectivity index (χ3v) is 2.20. The number of hydrogen-bond donors (Lipinski definition) is 0. The average Bonchev–Trinajstić information content (AvgIpc) is 2.01. The maximum atomic E-state index is 10.7. The van der Waals surface area contributed by atoms with E-state index in [-0.39, 0.29) is 12.1 Å². The van der Waals surface area contributed by atoms with Crippen LogP contribution in [0.5, 0.6) is 0 Å². The zero-order chi connectivity index (χ0) is 9.84. The minimum Gasteiger partial charge on any atom is -0.458 e. The van der Waals surface area contributed by atoms with E-state index in [2.05, 4.69) is 13.5 Å². The highest BCUT2D eigenvalue weighted by Gasteiger charge is 2.19. The van der Waals surface area contributed by atoms with E-state index in [1.165, 1.54) is 12.5 Å². The molecule has 0 bridgehead atoms. The van der Waals surface area contributed by atoms with Gasteiger partial charge in [0, 0.05) is 6.92 Å². The van der Waals surface area contributed by atoms with Gasteiger partial charge in [-0.3, -0.25) is 4.79 Å². The Labute approximate surface area is 79.3 Å². The number of hydrogen-bond acceptors (Lipinski definition) is 2. The summed E-state index contributed by atoms with van der Waals surface area (Å²) in [4.78, 5) is 10.7. The molecule has 2 nitrogen and oxygen atoms in total. The Morgan fingerprint density at radius 2 is 2.46 bits per heavy atom. The molecule has 0 spiro atoms. The lowest BCUT2D eigenvalue weighted by Crippen LogP contribution is -2.21. The minimum absolute atomic E-state index is 0.0470. The highest BCUT2D eigenvalue weighted by molar-refractivity contribution is 5.66. The van der Waals surface area contributed by atoms with Crippen molar-refractivity contribution >= 4 is 5.97 Å². The summed E-state index contributed by atoms with van der Waals surface area (Å²) < 4.78 is 5.13. The normalized spacial score (nSPS) is 27.7. The van der Waals surface area contributed by atoms with Gasteiger partial charge in [0.1, 0.15) is 6.10 Å². The number of ether oxygens (including phenoxy) is 1. The fourth-order valence-corrected chi connectivity index (χ4v) is 1.70. The largest absolute Gasteiger partial charge is 0.458 e. The van der Waals surface area contributed by atoms with Gasteiger partial charge >= 0.3 is 5.97 Å². The third-order valence-electron chi connectivity index (χ3n) is 2.20. The van der Waals surface area contributed by atoms with Gasteiger partial charge in [0.05, 0.1) is 0 Å². The van der Waals surface area contributed by atoms with Crippen LogP contribution in [0.4, 0.5) is 0 Å². The number of esters is 1. The van der Waals surface area contributed by atoms with Gasteiger partial charge < -0.3 is 4.74 Å². The van der Waals surface area contributed by atoms with E-state index in [0.29, 0.717) is 5.92 Å². The van der Waals surface area contributed by atoms with Crippen LogP contribution in [-0.4, -0.2) is 12.1 Å². The van der Waals surface area contributed by atoms with Gasteiger partial charge in [-0.1, -0.05) is 19.6 Å². The van der Waals surface area contributed by atoms with E-state index in [1.807, 2.05) is 12.2 Å². The van der Waals surface area contributed by atoms with Crippen molar-refractivity contribution in [1.29, 1.82) is 0 Å². The molecular formula is C11H16O2. The smallest absolute Gasteiger partial charge is 0.303 e. The Hall–Kier alpha value is -1.05. The lowest BCUT2D eigenvalue weighted by Gasteiger charge is -2.24. The Morgan fingerprint density at radius 3 is 3.00 bits per heavy atom. The van der Waals surface area contributed by atoms with Crippen molar-refractivity contribution in [2.45, 2.75) is 32.8 Å². The molecule has 2 atom stereocenters. The molecule has 2 heteroatoms. The molecule has 1 aliphatic rings. The fraction of sp³-hybridized carbons (Fsp3) is 0.545. The van der Waals surface area contributed by atoms with Crippen LogP contribution in [0.1, 0.15) is 26.7 Å². The highest BCUT2D eigenvalue weighted by Crippen LogP contribution is 2.26. The van der Waals surface area contributed by atoms with Gasteiger partial charge in [-0.2, -0.15) is 0 Å².